The first-order chi connectivity index (χ1) is 15.6. The summed E-state index contributed by atoms with van der Waals surface area (Å²) in [6.07, 6.45) is 0. The van der Waals surface area contributed by atoms with Crippen molar-refractivity contribution in [2.24, 2.45) is 0 Å². The SMILES string of the molecule is Cc1cccc(C)c1-n1c(=O)c2ccccc2n2c(SCCOc3ccccc3)nnc12. The fourth-order valence-corrected chi connectivity index (χ4v) is 4.70. The predicted octanol–water partition coefficient (Wildman–Crippen LogP) is 4.82. The molecule has 0 atom stereocenters. The van der Waals surface area contributed by atoms with Gasteiger partial charge in [0.1, 0.15) is 5.75 Å². The lowest BCUT2D eigenvalue weighted by Gasteiger charge is -2.15. The predicted molar refractivity (Wildman–Crippen MR) is 128 cm³/mol. The van der Waals surface area contributed by atoms with Crippen molar-refractivity contribution in [1.29, 1.82) is 0 Å². The van der Waals surface area contributed by atoms with Crippen molar-refractivity contribution in [2.45, 2.75) is 19.0 Å². The number of hydrogen-bond donors (Lipinski definition) is 0. The lowest BCUT2D eigenvalue weighted by molar-refractivity contribution is 0.344. The number of aromatic nitrogens is 4. The van der Waals surface area contributed by atoms with Gasteiger partial charge in [0, 0.05) is 5.75 Å². The van der Waals surface area contributed by atoms with Crippen molar-refractivity contribution in [3.63, 3.8) is 0 Å². The summed E-state index contributed by atoms with van der Waals surface area (Å²) in [5, 5.41) is 10.2. The van der Waals surface area contributed by atoms with Crippen LogP contribution in [0.2, 0.25) is 0 Å². The molecule has 5 aromatic rings. The molecule has 0 aliphatic heterocycles. The van der Waals surface area contributed by atoms with Crippen molar-refractivity contribution >= 4 is 28.4 Å². The second-order valence-corrected chi connectivity index (χ2v) is 8.59. The topological polar surface area (TPSA) is 61.4 Å². The van der Waals surface area contributed by atoms with E-state index in [0.29, 0.717) is 23.5 Å². The van der Waals surface area contributed by atoms with Crippen LogP contribution in [0, 0.1) is 13.8 Å². The highest BCUT2D eigenvalue weighted by Gasteiger charge is 2.19. The summed E-state index contributed by atoms with van der Waals surface area (Å²) in [7, 11) is 0. The van der Waals surface area contributed by atoms with E-state index >= 15 is 0 Å². The van der Waals surface area contributed by atoms with Gasteiger partial charge in [-0.15, -0.1) is 10.2 Å². The number of ether oxygens (including phenoxy) is 1. The number of thioether (sulfide) groups is 1. The summed E-state index contributed by atoms with van der Waals surface area (Å²) in [5.74, 6) is 2.05. The zero-order chi connectivity index (χ0) is 22.1. The van der Waals surface area contributed by atoms with Crippen molar-refractivity contribution in [2.75, 3.05) is 12.4 Å². The number of nitrogens with zero attached hydrogens (tertiary/aromatic N) is 4. The first-order valence-electron chi connectivity index (χ1n) is 10.4. The number of aryl methyl sites for hydroxylation is 2. The van der Waals surface area contributed by atoms with Crippen LogP contribution in [0.4, 0.5) is 0 Å². The first-order valence-corrected chi connectivity index (χ1v) is 11.4. The molecule has 0 radical (unpaired) electrons. The van der Waals surface area contributed by atoms with E-state index in [9.17, 15) is 4.79 Å². The van der Waals surface area contributed by atoms with E-state index in [0.717, 1.165) is 33.2 Å². The highest BCUT2D eigenvalue weighted by Crippen LogP contribution is 2.25. The Morgan fingerprint density at radius 1 is 0.875 bits per heavy atom. The van der Waals surface area contributed by atoms with E-state index in [-0.39, 0.29) is 5.56 Å². The second-order valence-electron chi connectivity index (χ2n) is 7.53. The molecule has 160 valence electrons. The molecule has 2 aromatic heterocycles. The van der Waals surface area contributed by atoms with Crippen LogP contribution in [-0.4, -0.2) is 31.5 Å². The van der Waals surface area contributed by atoms with Gasteiger partial charge < -0.3 is 4.74 Å². The van der Waals surface area contributed by atoms with E-state index in [1.165, 1.54) is 0 Å². The van der Waals surface area contributed by atoms with Gasteiger partial charge in [0.15, 0.2) is 5.16 Å². The van der Waals surface area contributed by atoms with Crippen LogP contribution in [0.1, 0.15) is 11.1 Å². The quantitative estimate of drug-likeness (QED) is 0.279. The van der Waals surface area contributed by atoms with E-state index in [1.807, 2.05) is 91.0 Å². The molecule has 7 heteroatoms. The summed E-state index contributed by atoms with van der Waals surface area (Å²) >= 11 is 1.56. The minimum atomic E-state index is -0.0955. The Morgan fingerprint density at radius 3 is 2.38 bits per heavy atom. The lowest BCUT2D eigenvalue weighted by atomic mass is 10.1. The van der Waals surface area contributed by atoms with Gasteiger partial charge in [0.2, 0.25) is 5.78 Å². The molecule has 6 nitrogen and oxygen atoms in total. The van der Waals surface area contributed by atoms with Crippen molar-refractivity contribution in [3.8, 4) is 11.4 Å². The van der Waals surface area contributed by atoms with Crippen LogP contribution in [0.5, 0.6) is 5.75 Å². The Labute approximate surface area is 189 Å². The molecule has 3 aromatic carbocycles. The van der Waals surface area contributed by atoms with Gasteiger partial charge in [-0.25, -0.2) is 4.57 Å². The van der Waals surface area contributed by atoms with E-state index in [1.54, 1.807) is 16.3 Å². The van der Waals surface area contributed by atoms with Gasteiger partial charge in [-0.2, -0.15) is 0 Å². The van der Waals surface area contributed by atoms with Crippen molar-refractivity contribution in [1.82, 2.24) is 19.2 Å². The molecule has 0 saturated carbocycles. The zero-order valence-corrected chi connectivity index (χ0v) is 18.7. The Balaban J connectivity index is 1.59. The average Bonchev–Trinajstić information content (AvgIpc) is 3.23. The van der Waals surface area contributed by atoms with Crippen molar-refractivity contribution < 1.29 is 4.74 Å². The maximum Gasteiger partial charge on any atom is 0.267 e. The molecule has 0 saturated heterocycles. The van der Waals surface area contributed by atoms with E-state index < -0.39 is 0 Å². The summed E-state index contributed by atoms with van der Waals surface area (Å²) in [5.41, 5.74) is 3.58. The molecule has 0 aliphatic carbocycles. The molecule has 0 aliphatic rings. The third kappa shape index (κ3) is 3.54. The van der Waals surface area contributed by atoms with E-state index in [2.05, 4.69) is 10.2 Å². The molecule has 2 heterocycles. The van der Waals surface area contributed by atoms with Gasteiger partial charge in [0.05, 0.1) is 23.2 Å². The maximum atomic E-state index is 13.5. The fraction of sp³-hybridized carbons (Fsp3) is 0.160. The third-order valence-electron chi connectivity index (χ3n) is 5.38. The standard InChI is InChI=1S/C25H22N4O2S/c1-17-9-8-10-18(2)22(17)29-23(30)20-13-6-7-14-21(20)28-24(29)26-27-25(28)32-16-15-31-19-11-4-3-5-12-19/h3-14H,15-16H2,1-2H3. The van der Waals surface area contributed by atoms with Crippen molar-refractivity contribution in [3.05, 3.63) is 94.3 Å². The number of rotatable bonds is 6. The minimum absolute atomic E-state index is 0.0955. The molecule has 5 rings (SSSR count). The van der Waals surface area contributed by atoms with Crippen LogP contribution < -0.4 is 10.3 Å². The summed E-state index contributed by atoms with van der Waals surface area (Å²) < 4.78 is 9.47. The van der Waals surface area contributed by atoms with Crippen LogP contribution in [0.15, 0.2) is 82.7 Å². The molecule has 0 N–H and O–H groups in total. The zero-order valence-electron chi connectivity index (χ0n) is 17.9. The smallest absolute Gasteiger partial charge is 0.267 e. The number of hydrogen-bond acceptors (Lipinski definition) is 5. The second kappa shape index (κ2) is 8.51. The van der Waals surface area contributed by atoms with Gasteiger partial charge in [-0.05, 0) is 49.2 Å². The van der Waals surface area contributed by atoms with E-state index in [4.69, 9.17) is 4.74 Å². The Kier molecular flexibility index (Phi) is 5.41. The molecule has 0 bridgehead atoms. The van der Waals surface area contributed by atoms with Crippen LogP contribution in [-0.2, 0) is 0 Å². The maximum absolute atomic E-state index is 13.5. The molecular formula is C25H22N4O2S. The average molecular weight is 443 g/mol. The largest absolute Gasteiger partial charge is 0.493 e. The van der Waals surface area contributed by atoms with Gasteiger partial charge in [-0.3, -0.25) is 9.20 Å². The summed E-state index contributed by atoms with van der Waals surface area (Å²) in [6, 6.07) is 23.4. The van der Waals surface area contributed by atoms with Gasteiger partial charge in [0.25, 0.3) is 5.56 Å². The van der Waals surface area contributed by atoms with Crippen LogP contribution >= 0.6 is 11.8 Å². The minimum Gasteiger partial charge on any atom is -0.493 e. The number of fused-ring (bicyclic) bond motifs is 3. The first kappa shape index (κ1) is 20.3. The summed E-state index contributed by atoms with van der Waals surface area (Å²) in [6.45, 7) is 4.55. The van der Waals surface area contributed by atoms with Gasteiger partial charge >= 0.3 is 0 Å². The van der Waals surface area contributed by atoms with Crippen LogP contribution in [0.25, 0.3) is 22.4 Å². The lowest BCUT2D eigenvalue weighted by Crippen LogP contribution is -2.23. The normalized spacial score (nSPS) is 11.3. The summed E-state index contributed by atoms with van der Waals surface area (Å²) in [4.78, 5) is 13.5. The molecule has 0 unspecified atom stereocenters. The number of para-hydroxylation sites is 3. The molecule has 32 heavy (non-hydrogen) atoms. The fourth-order valence-electron chi connectivity index (χ4n) is 3.94. The monoisotopic (exact) mass is 442 g/mol. The Hall–Kier alpha value is -3.58. The third-order valence-corrected chi connectivity index (χ3v) is 6.28. The Morgan fingerprint density at radius 2 is 1.59 bits per heavy atom. The number of benzene rings is 3. The molecular weight excluding hydrogens is 420 g/mol. The molecule has 0 fully saturated rings. The highest BCUT2D eigenvalue weighted by molar-refractivity contribution is 7.99. The van der Waals surface area contributed by atoms with Crippen LogP contribution in [0.3, 0.4) is 0 Å². The molecule has 0 spiro atoms. The highest BCUT2D eigenvalue weighted by atomic mass is 32.2. The van der Waals surface area contributed by atoms with Gasteiger partial charge in [-0.1, -0.05) is 60.3 Å². The molecule has 0 amide bonds. The Bertz CT molecular complexity index is 1450.